The Morgan fingerprint density at radius 2 is 1.81 bits per heavy atom. The second-order valence-electron chi connectivity index (χ2n) is 5.55. The number of aliphatic imine (C=N–C) groups is 1. The summed E-state index contributed by atoms with van der Waals surface area (Å²) >= 11 is 5.90. The number of benzene rings is 2. The Bertz CT molecular complexity index is 852. The third-order valence-corrected chi connectivity index (χ3v) is 3.84. The molecule has 142 valence electrons. The average molecular weight is 498 g/mol. The van der Waals surface area contributed by atoms with Gasteiger partial charge in [-0.15, -0.1) is 24.0 Å². The summed E-state index contributed by atoms with van der Waals surface area (Å²) in [5, 5.41) is 11.1. The van der Waals surface area contributed by atoms with Gasteiger partial charge in [-0.2, -0.15) is 4.98 Å². The molecule has 0 spiro atoms. The van der Waals surface area contributed by atoms with E-state index in [4.69, 9.17) is 16.1 Å². The number of halogens is 2. The summed E-state index contributed by atoms with van der Waals surface area (Å²) in [7, 11) is 0. The van der Waals surface area contributed by atoms with Crippen molar-refractivity contribution in [1.82, 2.24) is 20.8 Å². The Balaban J connectivity index is 0.00000261. The first-order valence-corrected chi connectivity index (χ1v) is 8.77. The molecule has 1 heterocycles. The number of hydrogen-bond donors (Lipinski definition) is 2. The Hall–Kier alpha value is -2.13. The van der Waals surface area contributed by atoms with Crippen molar-refractivity contribution in [2.45, 2.75) is 20.0 Å². The monoisotopic (exact) mass is 497 g/mol. The SMILES string of the molecule is CCNC(=NCc1ccccc1)NCc1nc(-c2ccc(Cl)cc2)no1.I. The van der Waals surface area contributed by atoms with Crippen LogP contribution in [0.25, 0.3) is 11.4 Å². The van der Waals surface area contributed by atoms with Gasteiger partial charge in [0.15, 0.2) is 5.96 Å². The molecule has 0 aliphatic carbocycles. The maximum absolute atomic E-state index is 5.90. The summed E-state index contributed by atoms with van der Waals surface area (Å²) in [5.74, 6) is 1.72. The lowest BCUT2D eigenvalue weighted by Gasteiger charge is -2.09. The van der Waals surface area contributed by atoms with E-state index in [0.717, 1.165) is 17.7 Å². The molecule has 0 unspecified atom stereocenters. The zero-order valence-corrected chi connectivity index (χ0v) is 17.9. The molecule has 0 fully saturated rings. The molecule has 0 saturated carbocycles. The van der Waals surface area contributed by atoms with Gasteiger partial charge in [0.05, 0.1) is 13.1 Å². The Morgan fingerprint density at radius 1 is 1.07 bits per heavy atom. The van der Waals surface area contributed by atoms with E-state index in [1.165, 1.54) is 0 Å². The van der Waals surface area contributed by atoms with E-state index in [2.05, 4.69) is 25.8 Å². The molecule has 0 saturated heterocycles. The lowest BCUT2D eigenvalue weighted by molar-refractivity contribution is 0.375. The molecule has 0 atom stereocenters. The van der Waals surface area contributed by atoms with Crippen LogP contribution >= 0.6 is 35.6 Å². The minimum atomic E-state index is 0. The molecule has 0 radical (unpaired) electrons. The highest BCUT2D eigenvalue weighted by atomic mass is 127. The van der Waals surface area contributed by atoms with Crippen molar-refractivity contribution in [3.63, 3.8) is 0 Å². The molecule has 1 aromatic heterocycles. The van der Waals surface area contributed by atoms with E-state index in [1.54, 1.807) is 12.1 Å². The normalized spacial score (nSPS) is 11.0. The summed E-state index contributed by atoms with van der Waals surface area (Å²) < 4.78 is 5.30. The number of rotatable bonds is 6. The summed E-state index contributed by atoms with van der Waals surface area (Å²) in [6.07, 6.45) is 0. The second kappa shape index (κ2) is 10.9. The fourth-order valence-corrected chi connectivity index (χ4v) is 2.42. The highest BCUT2D eigenvalue weighted by molar-refractivity contribution is 14.0. The molecule has 2 N–H and O–H groups in total. The second-order valence-corrected chi connectivity index (χ2v) is 5.99. The van der Waals surface area contributed by atoms with Gasteiger partial charge < -0.3 is 15.2 Å². The summed E-state index contributed by atoms with van der Waals surface area (Å²) in [5.41, 5.74) is 2.00. The third kappa shape index (κ3) is 6.51. The quantitative estimate of drug-likeness (QED) is 0.302. The molecule has 6 nitrogen and oxygen atoms in total. The smallest absolute Gasteiger partial charge is 0.246 e. The van der Waals surface area contributed by atoms with E-state index < -0.39 is 0 Å². The van der Waals surface area contributed by atoms with E-state index in [9.17, 15) is 0 Å². The van der Waals surface area contributed by atoms with Crippen molar-refractivity contribution in [2.24, 2.45) is 4.99 Å². The van der Waals surface area contributed by atoms with Crippen LogP contribution in [0.3, 0.4) is 0 Å². The van der Waals surface area contributed by atoms with Crippen LogP contribution in [0.2, 0.25) is 5.02 Å². The molecular formula is C19H21ClIN5O. The molecule has 3 rings (SSSR count). The summed E-state index contributed by atoms with van der Waals surface area (Å²) in [6, 6.07) is 17.4. The highest BCUT2D eigenvalue weighted by Crippen LogP contribution is 2.18. The number of nitrogens with one attached hydrogen (secondary N) is 2. The van der Waals surface area contributed by atoms with E-state index in [-0.39, 0.29) is 24.0 Å². The van der Waals surface area contributed by atoms with Crippen LogP contribution in [0.1, 0.15) is 18.4 Å². The van der Waals surface area contributed by atoms with Gasteiger partial charge >= 0.3 is 0 Å². The minimum Gasteiger partial charge on any atom is -0.357 e. The van der Waals surface area contributed by atoms with Gasteiger partial charge in [-0.25, -0.2) is 4.99 Å². The van der Waals surface area contributed by atoms with E-state index in [0.29, 0.717) is 35.8 Å². The maximum atomic E-state index is 5.90. The zero-order chi connectivity index (χ0) is 18.2. The standard InChI is InChI=1S/C19H20ClN5O.HI/c1-2-21-19(22-12-14-6-4-3-5-7-14)23-13-17-24-18(25-26-17)15-8-10-16(20)11-9-15;/h3-11H,2,12-13H2,1H3,(H2,21,22,23);1H. The van der Waals surface area contributed by atoms with Crippen LogP contribution in [0.15, 0.2) is 64.1 Å². The van der Waals surface area contributed by atoms with Crippen LogP contribution in [-0.4, -0.2) is 22.6 Å². The van der Waals surface area contributed by atoms with Gasteiger partial charge in [0.25, 0.3) is 0 Å². The Labute approximate surface area is 180 Å². The van der Waals surface area contributed by atoms with Crippen molar-refractivity contribution in [3.05, 3.63) is 71.1 Å². The van der Waals surface area contributed by atoms with Crippen LogP contribution in [0, 0.1) is 0 Å². The van der Waals surface area contributed by atoms with Gasteiger partial charge in [0.2, 0.25) is 11.7 Å². The van der Waals surface area contributed by atoms with E-state index >= 15 is 0 Å². The predicted molar refractivity (Wildman–Crippen MR) is 118 cm³/mol. The predicted octanol–water partition coefficient (Wildman–Crippen LogP) is 4.26. The maximum Gasteiger partial charge on any atom is 0.246 e. The lowest BCUT2D eigenvalue weighted by atomic mass is 10.2. The Kier molecular flexibility index (Phi) is 8.53. The Morgan fingerprint density at radius 3 is 2.52 bits per heavy atom. The topological polar surface area (TPSA) is 75.3 Å². The van der Waals surface area contributed by atoms with Crippen LogP contribution in [0.4, 0.5) is 0 Å². The lowest BCUT2D eigenvalue weighted by Crippen LogP contribution is -2.36. The number of nitrogens with zero attached hydrogens (tertiary/aromatic N) is 3. The first-order chi connectivity index (χ1) is 12.7. The van der Waals surface area contributed by atoms with Gasteiger partial charge in [-0.05, 0) is 36.8 Å². The van der Waals surface area contributed by atoms with Crippen molar-refractivity contribution < 1.29 is 4.52 Å². The fourth-order valence-electron chi connectivity index (χ4n) is 2.30. The number of guanidine groups is 1. The largest absolute Gasteiger partial charge is 0.357 e. The molecule has 3 aromatic rings. The van der Waals surface area contributed by atoms with Gasteiger partial charge in [0.1, 0.15) is 0 Å². The molecule has 0 bridgehead atoms. The minimum absolute atomic E-state index is 0. The fraction of sp³-hybridized carbons (Fsp3) is 0.211. The van der Waals surface area contributed by atoms with Crippen molar-refractivity contribution >= 4 is 41.5 Å². The van der Waals surface area contributed by atoms with Crippen LogP contribution in [-0.2, 0) is 13.1 Å². The van der Waals surface area contributed by atoms with Crippen molar-refractivity contribution in [2.75, 3.05) is 6.54 Å². The first-order valence-electron chi connectivity index (χ1n) is 8.39. The van der Waals surface area contributed by atoms with Crippen LogP contribution in [0.5, 0.6) is 0 Å². The van der Waals surface area contributed by atoms with Gasteiger partial charge in [-0.1, -0.05) is 47.1 Å². The molecular weight excluding hydrogens is 477 g/mol. The molecule has 27 heavy (non-hydrogen) atoms. The van der Waals surface area contributed by atoms with E-state index in [1.807, 2.05) is 49.4 Å². The summed E-state index contributed by atoms with van der Waals surface area (Å²) in [6.45, 7) is 3.77. The van der Waals surface area contributed by atoms with Crippen molar-refractivity contribution in [1.29, 1.82) is 0 Å². The molecule has 2 aromatic carbocycles. The zero-order valence-electron chi connectivity index (χ0n) is 14.9. The average Bonchev–Trinajstić information content (AvgIpc) is 3.14. The van der Waals surface area contributed by atoms with Crippen LogP contribution < -0.4 is 10.6 Å². The molecule has 8 heteroatoms. The molecule has 0 aliphatic heterocycles. The van der Waals surface area contributed by atoms with Gasteiger partial charge in [0, 0.05) is 17.1 Å². The number of hydrogen-bond acceptors (Lipinski definition) is 4. The number of aromatic nitrogens is 2. The molecule has 0 aliphatic rings. The molecule has 0 amide bonds. The third-order valence-electron chi connectivity index (χ3n) is 3.58. The summed E-state index contributed by atoms with van der Waals surface area (Å²) in [4.78, 5) is 8.96. The highest BCUT2D eigenvalue weighted by Gasteiger charge is 2.09. The van der Waals surface area contributed by atoms with Crippen molar-refractivity contribution in [3.8, 4) is 11.4 Å². The van der Waals surface area contributed by atoms with Gasteiger partial charge in [-0.3, -0.25) is 0 Å². The first kappa shape index (κ1) is 21.2.